The van der Waals surface area contributed by atoms with Crippen LogP contribution in [0.4, 0.5) is 0 Å². The van der Waals surface area contributed by atoms with Gasteiger partial charge >= 0.3 is 0 Å². The van der Waals surface area contributed by atoms with Gasteiger partial charge in [-0.1, -0.05) is 29.8 Å². The molecule has 1 fully saturated rings. The number of Topliss-reactive ketones (excluding diaryl/α,β-unsaturated/α-hetero) is 1. The molecule has 0 aliphatic heterocycles. The highest BCUT2D eigenvalue weighted by molar-refractivity contribution is 6.32. The molecule has 1 aromatic carbocycles. The zero-order chi connectivity index (χ0) is 13.9. The minimum absolute atomic E-state index is 0.00492. The molecule has 1 atom stereocenters. The lowest BCUT2D eigenvalue weighted by atomic mass is 9.75. The number of rotatable bonds is 3. The van der Waals surface area contributed by atoms with E-state index in [-0.39, 0.29) is 17.6 Å². The molecule has 1 aromatic rings. The zero-order valence-electron chi connectivity index (χ0n) is 10.4. The second kappa shape index (κ2) is 5.93. The molecule has 1 aliphatic carbocycles. The third kappa shape index (κ3) is 2.77. The lowest BCUT2D eigenvalue weighted by Crippen LogP contribution is -2.53. The maximum absolute atomic E-state index is 12.4. The fourth-order valence-electron chi connectivity index (χ4n) is 2.59. The number of ketones is 1. The SMILES string of the molecule is O=C(CCl)NC1(c2ccccc2Cl)CCCCC1=O. The van der Waals surface area contributed by atoms with Crippen molar-refractivity contribution in [3.05, 3.63) is 34.9 Å². The maximum Gasteiger partial charge on any atom is 0.235 e. The average Bonchev–Trinajstić information content (AvgIpc) is 2.42. The Labute approximate surface area is 122 Å². The maximum atomic E-state index is 12.4. The Morgan fingerprint density at radius 2 is 2.05 bits per heavy atom. The number of hydrogen-bond donors (Lipinski definition) is 1. The second-order valence-corrected chi connectivity index (χ2v) is 5.37. The molecule has 0 aromatic heterocycles. The van der Waals surface area contributed by atoms with Gasteiger partial charge in [0, 0.05) is 17.0 Å². The van der Waals surface area contributed by atoms with Crippen LogP contribution in [0.3, 0.4) is 0 Å². The van der Waals surface area contributed by atoms with E-state index < -0.39 is 5.54 Å². The summed E-state index contributed by atoms with van der Waals surface area (Å²) in [4.78, 5) is 24.1. The first-order valence-electron chi connectivity index (χ1n) is 6.25. The number of hydrogen-bond acceptors (Lipinski definition) is 2. The van der Waals surface area contributed by atoms with Gasteiger partial charge in [0.05, 0.1) is 0 Å². The molecule has 2 rings (SSSR count). The third-order valence-electron chi connectivity index (χ3n) is 3.49. The predicted molar refractivity (Wildman–Crippen MR) is 75.5 cm³/mol. The Hall–Kier alpha value is -1.06. The molecule has 0 radical (unpaired) electrons. The van der Waals surface area contributed by atoms with Crippen LogP contribution >= 0.6 is 23.2 Å². The van der Waals surface area contributed by atoms with Crippen molar-refractivity contribution in [3.8, 4) is 0 Å². The molecule has 0 saturated heterocycles. The lowest BCUT2D eigenvalue weighted by molar-refractivity contribution is -0.133. The van der Waals surface area contributed by atoms with E-state index in [9.17, 15) is 9.59 Å². The van der Waals surface area contributed by atoms with Crippen LogP contribution in [0.2, 0.25) is 5.02 Å². The van der Waals surface area contributed by atoms with Gasteiger partial charge in [-0.25, -0.2) is 0 Å². The van der Waals surface area contributed by atoms with E-state index in [1.807, 2.05) is 6.07 Å². The standard InChI is InChI=1S/C14H15Cl2NO2/c15-9-13(19)17-14(8-4-3-7-12(14)18)10-5-1-2-6-11(10)16/h1-2,5-6H,3-4,7-9H2,(H,17,19). The molecule has 19 heavy (non-hydrogen) atoms. The molecule has 0 heterocycles. The summed E-state index contributed by atoms with van der Waals surface area (Å²) in [5.74, 6) is -0.512. The van der Waals surface area contributed by atoms with Gasteiger partial charge in [0.15, 0.2) is 5.78 Å². The molecule has 1 aliphatic rings. The van der Waals surface area contributed by atoms with Crippen molar-refractivity contribution in [2.75, 3.05) is 5.88 Å². The van der Waals surface area contributed by atoms with Gasteiger partial charge in [-0.3, -0.25) is 9.59 Å². The molecule has 1 saturated carbocycles. The Balaban J connectivity index is 2.47. The summed E-state index contributed by atoms with van der Waals surface area (Å²) in [5, 5.41) is 3.28. The van der Waals surface area contributed by atoms with E-state index in [1.165, 1.54) is 0 Å². The van der Waals surface area contributed by atoms with Crippen molar-refractivity contribution in [1.29, 1.82) is 0 Å². The predicted octanol–water partition coefficient (Wildman–Crippen LogP) is 3.03. The van der Waals surface area contributed by atoms with Crippen molar-refractivity contribution >= 4 is 34.9 Å². The van der Waals surface area contributed by atoms with Crippen molar-refractivity contribution in [3.63, 3.8) is 0 Å². The highest BCUT2D eigenvalue weighted by atomic mass is 35.5. The van der Waals surface area contributed by atoms with Gasteiger partial charge in [-0.2, -0.15) is 0 Å². The molecule has 0 spiro atoms. The van der Waals surface area contributed by atoms with Crippen LogP contribution in [0.5, 0.6) is 0 Å². The fraction of sp³-hybridized carbons (Fsp3) is 0.429. The van der Waals surface area contributed by atoms with Gasteiger partial charge < -0.3 is 5.32 Å². The first-order valence-corrected chi connectivity index (χ1v) is 7.16. The van der Waals surface area contributed by atoms with Crippen molar-refractivity contribution < 1.29 is 9.59 Å². The summed E-state index contributed by atoms with van der Waals surface area (Å²) in [5.41, 5.74) is -0.345. The van der Waals surface area contributed by atoms with Gasteiger partial charge in [-0.05, 0) is 25.3 Å². The first-order chi connectivity index (χ1) is 9.10. The molecule has 1 unspecified atom stereocenters. The monoisotopic (exact) mass is 299 g/mol. The minimum Gasteiger partial charge on any atom is -0.339 e. The van der Waals surface area contributed by atoms with E-state index in [0.717, 1.165) is 12.8 Å². The van der Waals surface area contributed by atoms with Crippen LogP contribution in [0.25, 0.3) is 0 Å². The molecular formula is C14H15Cl2NO2. The van der Waals surface area contributed by atoms with Gasteiger partial charge in [0.1, 0.15) is 11.4 Å². The zero-order valence-corrected chi connectivity index (χ0v) is 11.9. The molecule has 0 bridgehead atoms. The summed E-state index contributed by atoms with van der Waals surface area (Å²) in [6.45, 7) is 0. The molecule has 5 heteroatoms. The minimum atomic E-state index is -1.01. The number of benzene rings is 1. The summed E-state index contributed by atoms with van der Waals surface area (Å²) < 4.78 is 0. The number of carbonyl (C=O) groups excluding carboxylic acids is 2. The largest absolute Gasteiger partial charge is 0.339 e. The Morgan fingerprint density at radius 3 is 2.68 bits per heavy atom. The fourth-order valence-corrected chi connectivity index (χ4v) is 2.96. The number of alkyl halides is 1. The van der Waals surface area contributed by atoms with Crippen molar-refractivity contribution in [2.24, 2.45) is 0 Å². The van der Waals surface area contributed by atoms with Crippen molar-refractivity contribution in [1.82, 2.24) is 5.32 Å². The summed E-state index contributed by atoms with van der Waals surface area (Å²) in [7, 11) is 0. The van der Waals surface area contributed by atoms with Crippen LogP contribution in [-0.4, -0.2) is 17.6 Å². The Bertz CT molecular complexity index is 504. The Kier molecular flexibility index (Phi) is 4.48. The van der Waals surface area contributed by atoms with Gasteiger partial charge in [-0.15, -0.1) is 11.6 Å². The first kappa shape index (κ1) is 14.4. The van der Waals surface area contributed by atoms with Crippen molar-refractivity contribution in [2.45, 2.75) is 31.2 Å². The number of carbonyl (C=O) groups is 2. The average molecular weight is 300 g/mol. The van der Waals surface area contributed by atoms with Crippen LogP contribution in [0.1, 0.15) is 31.2 Å². The number of nitrogens with one attached hydrogen (secondary N) is 1. The van der Waals surface area contributed by atoms with Crippen LogP contribution < -0.4 is 5.32 Å². The molecule has 1 N–H and O–H groups in total. The summed E-state index contributed by atoms with van der Waals surface area (Å²) in [6, 6.07) is 7.14. The smallest absolute Gasteiger partial charge is 0.235 e. The van der Waals surface area contributed by atoms with Gasteiger partial charge in [0.2, 0.25) is 5.91 Å². The molecule has 3 nitrogen and oxygen atoms in total. The molecular weight excluding hydrogens is 285 g/mol. The van der Waals surface area contributed by atoms with E-state index in [2.05, 4.69) is 5.32 Å². The summed E-state index contributed by atoms with van der Waals surface area (Å²) in [6.07, 6.45) is 2.74. The lowest BCUT2D eigenvalue weighted by Gasteiger charge is -2.37. The van der Waals surface area contributed by atoms with Gasteiger partial charge in [0.25, 0.3) is 0 Å². The van der Waals surface area contributed by atoms with Crippen LogP contribution in [0, 0.1) is 0 Å². The quantitative estimate of drug-likeness (QED) is 0.872. The van der Waals surface area contributed by atoms with E-state index >= 15 is 0 Å². The third-order valence-corrected chi connectivity index (χ3v) is 4.06. The molecule has 1 amide bonds. The highest BCUT2D eigenvalue weighted by Gasteiger charge is 2.43. The van der Waals surface area contributed by atoms with E-state index in [1.54, 1.807) is 18.2 Å². The topological polar surface area (TPSA) is 46.2 Å². The second-order valence-electron chi connectivity index (χ2n) is 4.70. The highest BCUT2D eigenvalue weighted by Crippen LogP contribution is 2.37. The number of halogens is 2. The van der Waals surface area contributed by atoms with E-state index in [4.69, 9.17) is 23.2 Å². The van der Waals surface area contributed by atoms with Crippen LogP contribution in [0.15, 0.2) is 24.3 Å². The Morgan fingerprint density at radius 1 is 1.32 bits per heavy atom. The number of amides is 1. The van der Waals surface area contributed by atoms with Crippen LogP contribution in [-0.2, 0) is 15.1 Å². The van der Waals surface area contributed by atoms with E-state index in [0.29, 0.717) is 23.4 Å². The normalized spacial score (nSPS) is 23.2. The summed E-state index contributed by atoms with van der Waals surface area (Å²) >= 11 is 11.8. The molecule has 102 valence electrons.